The quantitative estimate of drug-likeness (QED) is 0.915. The highest BCUT2D eigenvalue weighted by molar-refractivity contribution is 5.88. The molecule has 1 atom stereocenters. The number of rotatable bonds is 5. The minimum atomic E-state index is 0.0862. The third kappa shape index (κ3) is 3.61. The lowest BCUT2D eigenvalue weighted by molar-refractivity contribution is -0.121. The number of carbonyl (C=O) groups is 1. The molecule has 0 spiro atoms. The summed E-state index contributed by atoms with van der Waals surface area (Å²) in [6, 6.07) is 13.1. The predicted molar refractivity (Wildman–Crippen MR) is 88.3 cm³/mol. The molecule has 3 nitrogen and oxygen atoms in total. The average molecular weight is 284 g/mol. The number of carbonyl (C=O) groups excluding carboxylic acids is 1. The molecule has 112 valence electrons. The Labute approximate surface area is 127 Å². The zero-order valence-corrected chi connectivity index (χ0v) is 13.3. The second-order valence-corrected chi connectivity index (χ2v) is 5.73. The lowest BCUT2D eigenvalue weighted by atomic mass is 10.00. The first kappa shape index (κ1) is 15.5. The first-order chi connectivity index (χ1) is 10.0. The molecule has 0 aliphatic rings. The lowest BCUT2D eigenvalue weighted by Crippen LogP contribution is -2.33. The third-order valence-corrected chi connectivity index (χ3v) is 4.16. The summed E-state index contributed by atoms with van der Waals surface area (Å²) < 4.78 is 0. The van der Waals surface area contributed by atoms with Crippen molar-refractivity contribution < 1.29 is 4.79 Å². The van der Waals surface area contributed by atoms with Crippen molar-refractivity contribution in [1.29, 1.82) is 0 Å². The molecule has 0 radical (unpaired) electrons. The van der Waals surface area contributed by atoms with Crippen LogP contribution in [0.5, 0.6) is 0 Å². The fraction of sp³-hybridized carbons (Fsp3) is 0.389. The number of nitrogens with zero attached hydrogens (tertiary/aromatic N) is 1. The van der Waals surface area contributed by atoms with E-state index in [2.05, 4.69) is 67.5 Å². The molecule has 0 saturated carbocycles. The smallest absolute Gasteiger partial charge is 0.221 e. The summed E-state index contributed by atoms with van der Waals surface area (Å²) in [5, 5.41) is 5.30. The van der Waals surface area contributed by atoms with Crippen molar-refractivity contribution >= 4 is 16.7 Å². The summed E-state index contributed by atoms with van der Waals surface area (Å²) in [5.41, 5.74) is 2.61. The van der Waals surface area contributed by atoms with E-state index in [1.54, 1.807) is 7.05 Å². The third-order valence-electron chi connectivity index (χ3n) is 4.16. The Morgan fingerprint density at radius 1 is 1.19 bits per heavy atom. The van der Waals surface area contributed by atoms with Crippen LogP contribution in [0, 0.1) is 6.92 Å². The van der Waals surface area contributed by atoms with Crippen LogP contribution in [-0.4, -0.2) is 30.9 Å². The van der Waals surface area contributed by atoms with Gasteiger partial charge in [-0.2, -0.15) is 0 Å². The average Bonchev–Trinajstić information content (AvgIpc) is 2.48. The fourth-order valence-corrected chi connectivity index (χ4v) is 2.62. The molecule has 3 heteroatoms. The number of fused-ring (bicyclic) bond motifs is 1. The molecular weight excluding hydrogens is 260 g/mol. The monoisotopic (exact) mass is 284 g/mol. The highest BCUT2D eigenvalue weighted by Gasteiger charge is 2.14. The Morgan fingerprint density at radius 2 is 1.86 bits per heavy atom. The van der Waals surface area contributed by atoms with Crippen LogP contribution in [0.15, 0.2) is 36.4 Å². The maximum atomic E-state index is 11.5. The molecule has 0 heterocycles. The van der Waals surface area contributed by atoms with Gasteiger partial charge in [0.15, 0.2) is 0 Å². The van der Waals surface area contributed by atoms with Gasteiger partial charge in [-0.1, -0.05) is 36.4 Å². The van der Waals surface area contributed by atoms with E-state index in [1.165, 1.54) is 21.9 Å². The second kappa shape index (κ2) is 6.72. The van der Waals surface area contributed by atoms with E-state index in [9.17, 15) is 4.79 Å². The van der Waals surface area contributed by atoms with Crippen LogP contribution < -0.4 is 5.32 Å². The van der Waals surface area contributed by atoms with E-state index in [1.807, 2.05) is 0 Å². The van der Waals surface area contributed by atoms with Crippen molar-refractivity contribution in [1.82, 2.24) is 10.2 Å². The Balaban J connectivity index is 2.20. The predicted octanol–water partition coefficient (Wildman–Crippen LogP) is 3.10. The van der Waals surface area contributed by atoms with Crippen LogP contribution in [0.2, 0.25) is 0 Å². The van der Waals surface area contributed by atoms with Crippen LogP contribution in [0.3, 0.4) is 0 Å². The van der Waals surface area contributed by atoms with Gasteiger partial charge < -0.3 is 5.32 Å². The molecule has 1 N–H and O–H groups in total. The number of hydrogen-bond donors (Lipinski definition) is 1. The van der Waals surface area contributed by atoms with Gasteiger partial charge in [0.25, 0.3) is 0 Å². The van der Waals surface area contributed by atoms with Crippen molar-refractivity contribution in [3.8, 4) is 0 Å². The fourth-order valence-electron chi connectivity index (χ4n) is 2.62. The van der Waals surface area contributed by atoms with Gasteiger partial charge in [0.05, 0.1) is 0 Å². The van der Waals surface area contributed by atoms with Crippen molar-refractivity contribution in [3.63, 3.8) is 0 Å². The number of hydrogen-bond acceptors (Lipinski definition) is 2. The minimum Gasteiger partial charge on any atom is -0.359 e. The molecule has 1 amide bonds. The molecule has 0 aliphatic carbocycles. The standard InChI is InChI=1S/C18H24N2O/c1-13-7-5-10-17-15(8-6-9-16(13)17)12-20(4)14(2)11-18(21)19-3/h5-10,14H,11-12H2,1-4H3,(H,19,21)/t14-/m1/s1. The van der Waals surface area contributed by atoms with E-state index in [-0.39, 0.29) is 11.9 Å². The number of benzene rings is 2. The molecule has 0 aromatic heterocycles. The van der Waals surface area contributed by atoms with E-state index < -0.39 is 0 Å². The SMILES string of the molecule is CNC(=O)C[C@@H](C)N(C)Cc1cccc2c(C)cccc12. The van der Waals surface area contributed by atoms with E-state index >= 15 is 0 Å². The van der Waals surface area contributed by atoms with Crippen molar-refractivity contribution in [3.05, 3.63) is 47.5 Å². The Hall–Kier alpha value is -1.87. The van der Waals surface area contributed by atoms with Crippen molar-refractivity contribution in [2.75, 3.05) is 14.1 Å². The van der Waals surface area contributed by atoms with Crippen LogP contribution >= 0.6 is 0 Å². The molecule has 2 aromatic carbocycles. The molecule has 0 saturated heterocycles. The zero-order valence-electron chi connectivity index (χ0n) is 13.3. The van der Waals surface area contributed by atoms with Gasteiger partial charge >= 0.3 is 0 Å². The summed E-state index contributed by atoms with van der Waals surface area (Å²) in [5.74, 6) is 0.0862. The zero-order chi connectivity index (χ0) is 15.4. The normalized spacial score (nSPS) is 12.6. The highest BCUT2D eigenvalue weighted by atomic mass is 16.1. The van der Waals surface area contributed by atoms with Crippen molar-refractivity contribution in [2.45, 2.75) is 32.9 Å². The number of amides is 1. The van der Waals surface area contributed by atoms with E-state index in [4.69, 9.17) is 0 Å². The van der Waals surface area contributed by atoms with Gasteiger partial charge in [0, 0.05) is 26.1 Å². The topological polar surface area (TPSA) is 32.3 Å². The maximum Gasteiger partial charge on any atom is 0.221 e. The molecule has 0 unspecified atom stereocenters. The van der Waals surface area contributed by atoms with Gasteiger partial charge in [-0.25, -0.2) is 0 Å². The summed E-state index contributed by atoms with van der Waals surface area (Å²) in [4.78, 5) is 13.7. The van der Waals surface area contributed by atoms with Gasteiger partial charge in [-0.15, -0.1) is 0 Å². The second-order valence-electron chi connectivity index (χ2n) is 5.73. The molecular formula is C18H24N2O. The van der Waals surface area contributed by atoms with Gasteiger partial charge in [0.2, 0.25) is 5.91 Å². The molecule has 0 fully saturated rings. The minimum absolute atomic E-state index is 0.0862. The van der Waals surface area contributed by atoms with Crippen molar-refractivity contribution in [2.24, 2.45) is 0 Å². The highest BCUT2D eigenvalue weighted by Crippen LogP contribution is 2.23. The van der Waals surface area contributed by atoms with E-state index in [0.29, 0.717) is 6.42 Å². The summed E-state index contributed by atoms with van der Waals surface area (Å²) >= 11 is 0. The van der Waals surface area contributed by atoms with Crippen LogP contribution in [0.4, 0.5) is 0 Å². The summed E-state index contributed by atoms with van der Waals surface area (Å²) in [6.07, 6.45) is 0.525. The molecule has 0 bridgehead atoms. The summed E-state index contributed by atoms with van der Waals surface area (Å²) in [6.45, 7) is 5.08. The largest absolute Gasteiger partial charge is 0.359 e. The summed E-state index contributed by atoms with van der Waals surface area (Å²) in [7, 11) is 3.75. The molecule has 2 rings (SSSR count). The first-order valence-electron chi connectivity index (χ1n) is 7.41. The van der Waals surface area contributed by atoms with Gasteiger partial charge in [0.1, 0.15) is 0 Å². The molecule has 2 aromatic rings. The molecule has 21 heavy (non-hydrogen) atoms. The maximum absolute atomic E-state index is 11.5. The Morgan fingerprint density at radius 3 is 2.57 bits per heavy atom. The van der Waals surface area contributed by atoms with Gasteiger partial charge in [-0.05, 0) is 42.8 Å². The van der Waals surface area contributed by atoms with Crippen LogP contribution in [0.25, 0.3) is 10.8 Å². The number of aryl methyl sites for hydroxylation is 1. The lowest BCUT2D eigenvalue weighted by Gasteiger charge is -2.25. The van der Waals surface area contributed by atoms with Gasteiger partial charge in [-0.3, -0.25) is 9.69 Å². The van der Waals surface area contributed by atoms with Crippen LogP contribution in [-0.2, 0) is 11.3 Å². The Bertz CT molecular complexity index is 636. The molecule has 0 aliphatic heterocycles. The van der Waals surface area contributed by atoms with Crippen LogP contribution in [0.1, 0.15) is 24.5 Å². The Kier molecular flexibility index (Phi) is 4.97. The first-order valence-corrected chi connectivity index (χ1v) is 7.41. The van der Waals surface area contributed by atoms with E-state index in [0.717, 1.165) is 6.54 Å². The number of nitrogens with one attached hydrogen (secondary N) is 1.